The lowest BCUT2D eigenvalue weighted by Crippen LogP contribution is -2.44. The van der Waals surface area contributed by atoms with Gasteiger partial charge in [-0.1, -0.05) is 91.8 Å². The third kappa shape index (κ3) is 2.42. The fraction of sp³-hybridized carbons (Fsp3) is 0.407. The first kappa shape index (κ1) is 18.2. The van der Waals surface area contributed by atoms with Gasteiger partial charge in [0.1, 0.15) is 0 Å². The van der Waals surface area contributed by atoms with Crippen LogP contribution in [0.25, 0.3) is 11.1 Å². The highest BCUT2D eigenvalue weighted by Gasteiger charge is 2.55. The largest absolute Gasteiger partial charge is 0.0696 e. The molecule has 0 aliphatic heterocycles. The van der Waals surface area contributed by atoms with Crippen molar-refractivity contribution in [3.05, 3.63) is 83.0 Å². The van der Waals surface area contributed by atoms with Gasteiger partial charge in [0.25, 0.3) is 0 Å². The van der Waals surface area contributed by atoms with Crippen molar-refractivity contribution in [3.63, 3.8) is 0 Å². The summed E-state index contributed by atoms with van der Waals surface area (Å²) in [5, 5.41) is 0. The van der Waals surface area contributed by atoms with Gasteiger partial charge in [-0.2, -0.15) is 0 Å². The third-order valence-electron chi connectivity index (χ3n) is 8.22. The topological polar surface area (TPSA) is 0 Å². The molecule has 0 amide bonds. The van der Waals surface area contributed by atoms with E-state index in [0.29, 0.717) is 5.54 Å². The van der Waals surface area contributed by atoms with Crippen molar-refractivity contribution in [3.8, 4) is 11.1 Å². The molecule has 0 aromatic heterocycles. The minimum atomic E-state index is -1.65. The Morgan fingerprint density at radius 3 is 1.93 bits per heavy atom. The van der Waals surface area contributed by atoms with E-state index in [1.807, 2.05) is 0 Å². The molecule has 4 atom stereocenters. The molecule has 1 saturated carbocycles. The molecule has 3 aliphatic rings. The number of rotatable bonds is 2. The molecule has 1 heteroatoms. The Bertz CT molecular complexity index is 947. The molecule has 28 heavy (non-hydrogen) atoms. The predicted molar refractivity (Wildman–Crippen MR) is 123 cm³/mol. The summed E-state index contributed by atoms with van der Waals surface area (Å²) in [6.45, 7) is 12.7. The maximum absolute atomic E-state index is 2.70. The van der Waals surface area contributed by atoms with Crippen molar-refractivity contribution in [2.24, 2.45) is 17.8 Å². The first-order chi connectivity index (χ1) is 13.4. The Morgan fingerprint density at radius 1 is 0.786 bits per heavy atom. The quantitative estimate of drug-likeness (QED) is 0.468. The lowest BCUT2D eigenvalue weighted by Gasteiger charge is -2.43. The molecule has 3 aliphatic carbocycles. The van der Waals surface area contributed by atoms with E-state index < -0.39 is 8.07 Å². The summed E-state index contributed by atoms with van der Waals surface area (Å²) in [4.78, 5) is 0. The van der Waals surface area contributed by atoms with Crippen LogP contribution >= 0.6 is 0 Å². The van der Waals surface area contributed by atoms with E-state index in [9.17, 15) is 0 Å². The van der Waals surface area contributed by atoms with Crippen LogP contribution in [0.2, 0.25) is 18.6 Å². The van der Waals surface area contributed by atoms with Crippen LogP contribution in [0.1, 0.15) is 43.9 Å². The molecule has 2 aromatic rings. The molecule has 0 bridgehead atoms. The van der Waals surface area contributed by atoms with Gasteiger partial charge in [0.2, 0.25) is 0 Å². The average Bonchev–Trinajstić information content (AvgIpc) is 3.21. The van der Waals surface area contributed by atoms with Crippen molar-refractivity contribution in [2.75, 3.05) is 0 Å². The van der Waals surface area contributed by atoms with Crippen molar-refractivity contribution >= 4 is 8.07 Å². The molecular formula is C27H32Si. The Hall–Kier alpha value is -1.86. The normalized spacial score (nSPS) is 29.0. The van der Waals surface area contributed by atoms with Gasteiger partial charge in [0.15, 0.2) is 0 Å². The smallest absolute Gasteiger partial charge is 0.0643 e. The lowest BCUT2D eigenvalue weighted by molar-refractivity contribution is 0.487. The van der Waals surface area contributed by atoms with Gasteiger partial charge in [0, 0.05) is 5.54 Å². The summed E-state index contributed by atoms with van der Waals surface area (Å²) >= 11 is 0. The summed E-state index contributed by atoms with van der Waals surface area (Å²) in [6, 6.07) is 18.5. The number of fused-ring (bicyclic) bond motifs is 4. The van der Waals surface area contributed by atoms with E-state index in [4.69, 9.17) is 0 Å². The highest BCUT2D eigenvalue weighted by molar-refractivity contribution is 6.81. The molecular weight excluding hydrogens is 352 g/mol. The highest BCUT2D eigenvalue weighted by Crippen LogP contribution is 2.62. The molecule has 5 rings (SSSR count). The van der Waals surface area contributed by atoms with Crippen LogP contribution < -0.4 is 0 Å². The van der Waals surface area contributed by atoms with E-state index in [-0.39, 0.29) is 0 Å². The highest BCUT2D eigenvalue weighted by atomic mass is 28.3. The maximum atomic E-state index is 2.70. The number of hydrogen-bond donors (Lipinski definition) is 0. The van der Waals surface area contributed by atoms with Crippen LogP contribution in [0, 0.1) is 17.8 Å². The monoisotopic (exact) mass is 384 g/mol. The maximum Gasteiger partial charge on any atom is 0.0643 e. The van der Waals surface area contributed by atoms with Crippen LogP contribution in [0.3, 0.4) is 0 Å². The van der Waals surface area contributed by atoms with Gasteiger partial charge in [0.05, 0.1) is 8.07 Å². The molecule has 0 nitrogen and oxygen atoms in total. The molecule has 0 saturated heterocycles. The van der Waals surface area contributed by atoms with Gasteiger partial charge < -0.3 is 0 Å². The van der Waals surface area contributed by atoms with E-state index >= 15 is 0 Å². The molecule has 0 N–H and O–H groups in total. The van der Waals surface area contributed by atoms with Gasteiger partial charge in [-0.3, -0.25) is 0 Å². The first-order valence-electron chi connectivity index (χ1n) is 10.9. The van der Waals surface area contributed by atoms with Crippen molar-refractivity contribution in [2.45, 2.75) is 51.4 Å². The predicted octanol–water partition coefficient (Wildman–Crippen LogP) is 7.60. The molecule has 2 aromatic carbocycles. The van der Waals surface area contributed by atoms with Gasteiger partial charge >= 0.3 is 0 Å². The van der Waals surface area contributed by atoms with E-state index in [1.165, 1.54) is 17.5 Å². The van der Waals surface area contributed by atoms with Crippen molar-refractivity contribution in [1.82, 2.24) is 0 Å². The number of hydrogen-bond acceptors (Lipinski definition) is 0. The van der Waals surface area contributed by atoms with Crippen LogP contribution in [0.4, 0.5) is 0 Å². The van der Waals surface area contributed by atoms with Crippen LogP contribution in [-0.2, 0) is 0 Å². The summed E-state index contributed by atoms with van der Waals surface area (Å²) in [5.41, 5.74) is 10.9. The second-order valence-electron chi connectivity index (χ2n) is 10.1. The minimum Gasteiger partial charge on any atom is -0.0696 e. The van der Waals surface area contributed by atoms with E-state index in [2.05, 4.69) is 94.5 Å². The van der Waals surface area contributed by atoms with Crippen LogP contribution in [-0.4, -0.2) is 8.07 Å². The molecule has 4 unspecified atom stereocenters. The van der Waals surface area contributed by atoms with Gasteiger partial charge in [-0.25, -0.2) is 0 Å². The summed E-state index contributed by atoms with van der Waals surface area (Å²) in [6.07, 6.45) is 6.18. The van der Waals surface area contributed by atoms with E-state index in [1.54, 1.807) is 22.3 Å². The third-order valence-corrected chi connectivity index (χ3v) is 13.0. The summed E-state index contributed by atoms with van der Waals surface area (Å²) < 4.78 is 0. The number of benzene rings is 2. The zero-order valence-corrected chi connectivity index (χ0v) is 18.9. The summed E-state index contributed by atoms with van der Waals surface area (Å²) in [7, 11) is -1.65. The molecule has 0 radical (unpaired) electrons. The standard InChI is InChI=1S/C27H32Si/c1-17-14-15-18(2)25-24(17)16-19(3)26(25)28(4,5)27-22-12-8-6-10-20(22)21-11-7-9-13-23(21)27/h6-15,19,24-27H,16H2,1-5H3. The Labute approximate surface area is 171 Å². The van der Waals surface area contributed by atoms with Gasteiger partial charge in [-0.15, -0.1) is 0 Å². The fourth-order valence-electron chi connectivity index (χ4n) is 7.21. The molecule has 0 heterocycles. The molecule has 1 fully saturated rings. The first-order valence-corrected chi connectivity index (χ1v) is 14.1. The number of allylic oxidation sites excluding steroid dienone is 4. The van der Waals surface area contributed by atoms with Crippen LogP contribution in [0.5, 0.6) is 0 Å². The van der Waals surface area contributed by atoms with Crippen molar-refractivity contribution in [1.29, 1.82) is 0 Å². The second-order valence-corrected chi connectivity index (χ2v) is 15.0. The van der Waals surface area contributed by atoms with Gasteiger partial charge in [-0.05, 0) is 65.8 Å². The SMILES string of the molecule is CC1=CC=C(C)C2C1CC(C)C2[Si](C)(C)C1c2ccccc2-c2ccccc21. The Morgan fingerprint density at radius 2 is 1.32 bits per heavy atom. The lowest BCUT2D eigenvalue weighted by atomic mass is 9.81. The molecule has 0 spiro atoms. The summed E-state index contributed by atoms with van der Waals surface area (Å²) in [5.74, 6) is 2.33. The second kappa shape index (κ2) is 6.32. The minimum absolute atomic E-state index is 0.616. The van der Waals surface area contributed by atoms with Crippen molar-refractivity contribution < 1.29 is 0 Å². The zero-order valence-electron chi connectivity index (χ0n) is 17.9. The molecule has 144 valence electrons. The Kier molecular flexibility index (Phi) is 4.10. The fourth-order valence-corrected chi connectivity index (χ4v) is 12.7. The average molecular weight is 385 g/mol. The zero-order chi connectivity index (χ0) is 19.6. The Balaban J connectivity index is 1.65. The van der Waals surface area contributed by atoms with Crippen LogP contribution in [0.15, 0.2) is 71.8 Å². The van der Waals surface area contributed by atoms with E-state index in [0.717, 1.165) is 23.3 Å².